The quantitative estimate of drug-likeness (QED) is 0.457. The number of rotatable bonds is 3. The smallest absolute Gasteiger partial charge is 0.436 e. The number of esters is 1. The van der Waals surface area contributed by atoms with Gasteiger partial charge in [-0.25, -0.2) is 0 Å². The standard InChI is InChI=1S/C14H13F13O4/c1-4-7(2,3)6(28)31-10(13(22,23)24)8(15,16)5(9(17,18)19)30-12(29,11(10,20)21)14(25,26)27/h5,29H,4H2,1-3H3. The van der Waals surface area contributed by atoms with Crippen molar-refractivity contribution in [3.05, 3.63) is 0 Å². The van der Waals surface area contributed by atoms with E-state index in [1.807, 2.05) is 0 Å². The molecule has 0 bridgehead atoms. The van der Waals surface area contributed by atoms with E-state index in [1.54, 1.807) is 0 Å². The Kier molecular flexibility index (Phi) is 6.20. The van der Waals surface area contributed by atoms with Crippen LogP contribution in [0.4, 0.5) is 57.1 Å². The first-order chi connectivity index (χ1) is 13.3. The van der Waals surface area contributed by atoms with Crippen LogP contribution in [0.25, 0.3) is 0 Å². The second-order valence-electron chi connectivity index (χ2n) is 7.18. The van der Waals surface area contributed by atoms with E-state index >= 15 is 0 Å². The highest BCUT2D eigenvalue weighted by Gasteiger charge is 2.99. The van der Waals surface area contributed by atoms with Crippen molar-refractivity contribution >= 4 is 5.97 Å². The van der Waals surface area contributed by atoms with Gasteiger partial charge in [-0.05, 0) is 20.3 Å². The molecular formula is C14H13F13O4. The summed E-state index contributed by atoms with van der Waals surface area (Å²) in [7, 11) is 0. The van der Waals surface area contributed by atoms with Crippen LogP contribution in [0.15, 0.2) is 0 Å². The number of carbonyl (C=O) groups is 1. The van der Waals surface area contributed by atoms with Crippen LogP contribution >= 0.6 is 0 Å². The van der Waals surface area contributed by atoms with E-state index < -0.39 is 65.7 Å². The lowest BCUT2D eigenvalue weighted by Crippen LogP contribution is -2.87. The summed E-state index contributed by atoms with van der Waals surface area (Å²) in [6, 6.07) is 0. The molecule has 0 aromatic heterocycles. The van der Waals surface area contributed by atoms with Crippen LogP contribution in [0.3, 0.4) is 0 Å². The molecule has 1 aliphatic heterocycles. The average Bonchev–Trinajstić information content (AvgIpc) is 2.51. The Hall–Kier alpha value is -1.52. The van der Waals surface area contributed by atoms with E-state index in [1.165, 1.54) is 0 Å². The van der Waals surface area contributed by atoms with Crippen LogP contribution in [0.2, 0.25) is 0 Å². The molecule has 0 amide bonds. The molecule has 3 unspecified atom stereocenters. The number of halogens is 13. The van der Waals surface area contributed by atoms with Crippen molar-refractivity contribution in [3.63, 3.8) is 0 Å². The molecule has 17 heteroatoms. The Labute approximate surface area is 164 Å². The molecule has 0 aromatic rings. The zero-order valence-corrected chi connectivity index (χ0v) is 15.4. The fourth-order valence-electron chi connectivity index (χ4n) is 2.45. The van der Waals surface area contributed by atoms with E-state index in [2.05, 4.69) is 9.47 Å². The highest BCUT2D eigenvalue weighted by molar-refractivity contribution is 5.76. The molecule has 4 nitrogen and oxygen atoms in total. The summed E-state index contributed by atoms with van der Waals surface area (Å²) >= 11 is 0. The van der Waals surface area contributed by atoms with Gasteiger partial charge in [-0.2, -0.15) is 57.1 Å². The minimum absolute atomic E-state index is 0.625. The molecule has 1 fully saturated rings. The van der Waals surface area contributed by atoms with E-state index in [0.717, 1.165) is 6.92 Å². The fraction of sp³-hybridized carbons (Fsp3) is 0.929. The zero-order chi connectivity index (χ0) is 25.3. The Morgan fingerprint density at radius 1 is 0.935 bits per heavy atom. The molecule has 3 atom stereocenters. The summed E-state index contributed by atoms with van der Waals surface area (Å²) in [5.74, 6) is -23.9. The minimum atomic E-state index is -7.48. The summed E-state index contributed by atoms with van der Waals surface area (Å²) < 4.78 is 182. The van der Waals surface area contributed by atoms with Crippen molar-refractivity contribution < 1.29 is 76.5 Å². The molecule has 0 aliphatic carbocycles. The second kappa shape index (κ2) is 6.99. The monoisotopic (exact) mass is 492 g/mol. The molecule has 1 rings (SSSR count). The summed E-state index contributed by atoms with van der Waals surface area (Å²) in [4.78, 5) is 11.9. The Morgan fingerprint density at radius 3 is 1.65 bits per heavy atom. The third-order valence-electron chi connectivity index (χ3n) is 4.72. The molecule has 1 N–H and O–H groups in total. The van der Waals surface area contributed by atoms with Gasteiger partial charge in [0.1, 0.15) is 0 Å². The number of hydrogen-bond donors (Lipinski definition) is 1. The van der Waals surface area contributed by atoms with Gasteiger partial charge in [0.2, 0.25) is 6.10 Å². The van der Waals surface area contributed by atoms with E-state index in [-0.39, 0.29) is 0 Å². The first kappa shape index (κ1) is 27.5. The molecule has 0 spiro atoms. The Morgan fingerprint density at radius 2 is 1.35 bits per heavy atom. The number of alkyl halides is 13. The molecule has 1 heterocycles. The van der Waals surface area contributed by atoms with E-state index in [4.69, 9.17) is 5.11 Å². The maximum Gasteiger partial charge on any atom is 0.449 e. The van der Waals surface area contributed by atoms with Gasteiger partial charge in [0.15, 0.2) is 0 Å². The molecule has 1 saturated heterocycles. The lowest BCUT2D eigenvalue weighted by Gasteiger charge is -2.56. The lowest BCUT2D eigenvalue weighted by atomic mass is 9.75. The van der Waals surface area contributed by atoms with Crippen molar-refractivity contribution in [1.82, 2.24) is 0 Å². The predicted octanol–water partition coefficient (Wildman–Crippen LogP) is 4.75. The van der Waals surface area contributed by atoms with Gasteiger partial charge in [-0.1, -0.05) is 6.92 Å². The average molecular weight is 492 g/mol. The molecule has 31 heavy (non-hydrogen) atoms. The first-order valence-electron chi connectivity index (χ1n) is 7.87. The third-order valence-corrected chi connectivity index (χ3v) is 4.72. The maximum absolute atomic E-state index is 14.5. The van der Waals surface area contributed by atoms with Crippen LogP contribution in [0, 0.1) is 5.41 Å². The number of hydrogen-bond acceptors (Lipinski definition) is 4. The van der Waals surface area contributed by atoms with Gasteiger partial charge in [0, 0.05) is 0 Å². The van der Waals surface area contributed by atoms with Crippen molar-refractivity contribution in [3.8, 4) is 0 Å². The third kappa shape index (κ3) is 3.60. The zero-order valence-electron chi connectivity index (χ0n) is 15.4. The molecule has 0 aromatic carbocycles. The predicted molar refractivity (Wildman–Crippen MR) is 70.8 cm³/mol. The van der Waals surface area contributed by atoms with E-state index in [9.17, 15) is 61.9 Å². The number of aliphatic hydroxyl groups is 1. The van der Waals surface area contributed by atoms with Gasteiger partial charge in [-0.3, -0.25) is 4.79 Å². The van der Waals surface area contributed by atoms with E-state index in [0.29, 0.717) is 13.8 Å². The minimum Gasteiger partial charge on any atom is -0.436 e. The van der Waals surface area contributed by atoms with Gasteiger partial charge < -0.3 is 14.6 Å². The molecule has 0 radical (unpaired) electrons. The Bertz CT molecular complexity index is 708. The van der Waals surface area contributed by atoms with Crippen molar-refractivity contribution in [1.29, 1.82) is 0 Å². The fourth-order valence-corrected chi connectivity index (χ4v) is 2.45. The topological polar surface area (TPSA) is 55.8 Å². The highest BCUT2D eigenvalue weighted by atomic mass is 19.4. The van der Waals surface area contributed by atoms with Gasteiger partial charge in [0.25, 0.3) is 0 Å². The van der Waals surface area contributed by atoms with Gasteiger partial charge in [-0.15, -0.1) is 0 Å². The van der Waals surface area contributed by atoms with Crippen LogP contribution in [-0.4, -0.2) is 58.9 Å². The summed E-state index contributed by atoms with van der Waals surface area (Å²) in [5.41, 5.74) is -9.48. The first-order valence-corrected chi connectivity index (χ1v) is 7.87. The van der Waals surface area contributed by atoms with Crippen LogP contribution in [-0.2, 0) is 14.3 Å². The number of carbonyl (C=O) groups excluding carboxylic acids is 1. The van der Waals surface area contributed by atoms with Crippen molar-refractivity contribution in [2.24, 2.45) is 5.41 Å². The maximum atomic E-state index is 14.5. The summed E-state index contributed by atoms with van der Waals surface area (Å²) in [6.45, 7) is 2.25. The van der Waals surface area contributed by atoms with Gasteiger partial charge in [0.05, 0.1) is 5.41 Å². The summed E-state index contributed by atoms with van der Waals surface area (Å²) in [6.07, 6.45) is -27.8. The Balaban J connectivity index is 4.14. The van der Waals surface area contributed by atoms with Crippen LogP contribution in [0.5, 0.6) is 0 Å². The molecular weight excluding hydrogens is 479 g/mol. The molecule has 1 aliphatic rings. The second-order valence-corrected chi connectivity index (χ2v) is 7.18. The van der Waals surface area contributed by atoms with Crippen LogP contribution < -0.4 is 0 Å². The normalized spacial score (nSPS) is 32.0. The summed E-state index contributed by atoms with van der Waals surface area (Å²) in [5, 5.41) is 9.15. The van der Waals surface area contributed by atoms with Crippen LogP contribution in [0.1, 0.15) is 27.2 Å². The molecule has 184 valence electrons. The van der Waals surface area contributed by atoms with Crippen molar-refractivity contribution in [2.75, 3.05) is 0 Å². The number of ether oxygens (including phenoxy) is 2. The highest BCUT2D eigenvalue weighted by Crippen LogP contribution is 2.66. The largest absolute Gasteiger partial charge is 0.449 e. The SMILES string of the molecule is CCC(C)(C)C(=O)OC1(C(F)(F)F)C(F)(F)C(C(F)(F)F)OC(O)(C(F)(F)F)C1(F)F. The van der Waals surface area contributed by atoms with Crippen molar-refractivity contribution in [2.45, 2.75) is 75.1 Å². The molecule has 0 saturated carbocycles. The lowest BCUT2D eigenvalue weighted by molar-refractivity contribution is -0.556. The van der Waals surface area contributed by atoms with Gasteiger partial charge >= 0.3 is 47.7 Å².